The van der Waals surface area contributed by atoms with Gasteiger partial charge in [0.15, 0.2) is 0 Å². The summed E-state index contributed by atoms with van der Waals surface area (Å²) in [4.78, 5) is 0. The Kier molecular flexibility index (Phi) is 4.84. The lowest BCUT2D eigenvalue weighted by Gasteiger charge is -2.17. The molecule has 0 amide bonds. The first-order valence-corrected chi connectivity index (χ1v) is 6.74. The van der Waals surface area contributed by atoms with Gasteiger partial charge in [0.2, 0.25) is 0 Å². The summed E-state index contributed by atoms with van der Waals surface area (Å²) in [5.74, 6) is 0. The molecule has 1 N–H and O–H groups in total. The second-order valence-electron chi connectivity index (χ2n) is 4.62. The number of ether oxygens (including phenoxy) is 1. The van der Waals surface area contributed by atoms with Gasteiger partial charge in [-0.25, -0.2) is 0 Å². The number of rotatable bonds is 5. The zero-order chi connectivity index (χ0) is 12.1. The average molecular weight is 254 g/mol. The van der Waals surface area contributed by atoms with E-state index in [1.54, 1.807) is 0 Å². The fourth-order valence-electron chi connectivity index (χ4n) is 2.27. The SMILES string of the molecule is C[C@@H](NCC[C@@H]1CCCO1)c1ccccc1Cl. The van der Waals surface area contributed by atoms with Gasteiger partial charge in [0, 0.05) is 17.7 Å². The Morgan fingerprint density at radius 3 is 3.00 bits per heavy atom. The van der Waals surface area contributed by atoms with Crippen molar-refractivity contribution in [2.75, 3.05) is 13.2 Å². The van der Waals surface area contributed by atoms with E-state index in [9.17, 15) is 0 Å². The Labute approximate surface area is 108 Å². The third-order valence-corrected chi connectivity index (χ3v) is 3.66. The minimum Gasteiger partial charge on any atom is -0.378 e. The molecular weight excluding hydrogens is 234 g/mol. The molecule has 1 fully saturated rings. The highest BCUT2D eigenvalue weighted by atomic mass is 35.5. The molecule has 2 rings (SSSR count). The smallest absolute Gasteiger partial charge is 0.0588 e. The van der Waals surface area contributed by atoms with Crippen LogP contribution in [0.2, 0.25) is 5.02 Å². The molecule has 94 valence electrons. The molecule has 1 heterocycles. The second-order valence-corrected chi connectivity index (χ2v) is 5.03. The van der Waals surface area contributed by atoms with Crippen LogP contribution in [0.3, 0.4) is 0 Å². The monoisotopic (exact) mass is 253 g/mol. The van der Waals surface area contributed by atoms with Gasteiger partial charge in [-0.3, -0.25) is 0 Å². The lowest BCUT2D eigenvalue weighted by molar-refractivity contribution is 0.103. The molecule has 1 aromatic rings. The van der Waals surface area contributed by atoms with E-state index in [-0.39, 0.29) is 0 Å². The van der Waals surface area contributed by atoms with Crippen LogP contribution >= 0.6 is 11.6 Å². The summed E-state index contributed by atoms with van der Waals surface area (Å²) in [6, 6.07) is 8.30. The number of halogens is 1. The number of hydrogen-bond donors (Lipinski definition) is 1. The van der Waals surface area contributed by atoms with E-state index in [2.05, 4.69) is 18.3 Å². The van der Waals surface area contributed by atoms with E-state index in [4.69, 9.17) is 16.3 Å². The Bertz CT molecular complexity index is 350. The van der Waals surface area contributed by atoms with Crippen molar-refractivity contribution in [3.05, 3.63) is 34.9 Å². The van der Waals surface area contributed by atoms with Crippen LogP contribution in [0.15, 0.2) is 24.3 Å². The van der Waals surface area contributed by atoms with Gasteiger partial charge in [-0.2, -0.15) is 0 Å². The molecule has 2 nitrogen and oxygen atoms in total. The molecule has 0 spiro atoms. The molecule has 0 radical (unpaired) electrons. The van der Waals surface area contributed by atoms with Gasteiger partial charge < -0.3 is 10.1 Å². The van der Waals surface area contributed by atoms with Crippen LogP contribution < -0.4 is 5.32 Å². The first-order valence-electron chi connectivity index (χ1n) is 6.37. The van der Waals surface area contributed by atoms with Gasteiger partial charge in [-0.15, -0.1) is 0 Å². The number of nitrogens with one attached hydrogen (secondary N) is 1. The topological polar surface area (TPSA) is 21.3 Å². The summed E-state index contributed by atoms with van der Waals surface area (Å²) in [5, 5.41) is 4.34. The van der Waals surface area contributed by atoms with Gasteiger partial charge in [0.1, 0.15) is 0 Å². The molecule has 1 aromatic carbocycles. The standard InChI is InChI=1S/C14H20ClNO/c1-11(13-6-2-3-7-14(13)15)16-9-8-12-5-4-10-17-12/h2-3,6-7,11-12,16H,4-5,8-10H2,1H3/t11-,12+/m1/s1. The van der Waals surface area contributed by atoms with Crippen LogP contribution in [-0.2, 0) is 4.74 Å². The first-order chi connectivity index (χ1) is 8.27. The summed E-state index contributed by atoms with van der Waals surface area (Å²) in [6.07, 6.45) is 3.97. The van der Waals surface area contributed by atoms with Crippen molar-refractivity contribution < 1.29 is 4.74 Å². The van der Waals surface area contributed by atoms with Gasteiger partial charge in [-0.05, 0) is 44.4 Å². The lowest BCUT2D eigenvalue weighted by Crippen LogP contribution is -2.23. The van der Waals surface area contributed by atoms with Crippen molar-refractivity contribution in [3.8, 4) is 0 Å². The molecule has 0 bridgehead atoms. The van der Waals surface area contributed by atoms with Gasteiger partial charge >= 0.3 is 0 Å². The minimum absolute atomic E-state index is 0.296. The highest BCUT2D eigenvalue weighted by Gasteiger charge is 2.15. The Balaban J connectivity index is 1.77. The number of hydrogen-bond acceptors (Lipinski definition) is 2. The molecular formula is C14H20ClNO. The molecule has 1 saturated heterocycles. The molecule has 2 atom stereocenters. The highest BCUT2D eigenvalue weighted by molar-refractivity contribution is 6.31. The van der Waals surface area contributed by atoms with Crippen molar-refractivity contribution >= 4 is 11.6 Å². The maximum absolute atomic E-state index is 6.16. The largest absolute Gasteiger partial charge is 0.378 e. The van der Waals surface area contributed by atoms with Crippen LogP contribution in [0.1, 0.15) is 37.8 Å². The number of benzene rings is 1. The predicted octanol–water partition coefficient (Wildman–Crippen LogP) is 3.56. The summed E-state index contributed by atoms with van der Waals surface area (Å²) in [7, 11) is 0. The van der Waals surface area contributed by atoms with Gasteiger partial charge in [-0.1, -0.05) is 29.8 Å². The Morgan fingerprint density at radius 2 is 2.29 bits per heavy atom. The van der Waals surface area contributed by atoms with E-state index < -0.39 is 0 Å². The summed E-state index contributed by atoms with van der Waals surface area (Å²) in [6.45, 7) is 4.07. The quantitative estimate of drug-likeness (QED) is 0.866. The fourth-order valence-corrected chi connectivity index (χ4v) is 2.57. The zero-order valence-corrected chi connectivity index (χ0v) is 11.0. The maximum Gasteiger partial charge on any atom is 0.0588 e. The third-order valence-electron chi connectivity index (χ3n) is 3.31. The van der Waals surface area contributed by atoms with Crippen LogP contribution in [0.4, 0.5) is 0 Å². The fraction of sp³-hybridized carbons (Fsp3) is 0.571. The van der Waals surface area contributed by atoms with Crippen molar-refractivity contribution in [3.63, 3.8) is 0 Å². The Morgan fingerprint density at radius 1 is 1.47 bits per heavy atom. The van der Waals surface area contributed by atoms with Crippen molar-refractivity contribution in [1.29, 1.82) is 0 Å². The van der Waals surface area contributed by atoms with Crippen molar-refractivity contribution in [2.24, 2.45) is 0 Å². The van der Waals surface area contributed by atoms with Crippen LogP contribution in [0.25, 0.3) is 0 Å². The van der Waals surface area contributed by atoms with Gasteiger partial charge in [0.05, 0.1) is 6.10 Å². The third kappa shape index (κ3) is 3.70. The van der Waals surface area contributed by atoms with E-state index in [1.165, 1.54) is 18.4 Å². The lowest BCUT2D eigenvalue weighted by atomic mass is 10.1. The van der Waals surface area contributed by atoms with Crippen molar-refractivity contribution in [1.82, 2.24) is 5.32 Å². The van der Waals surface area contributed by atoms with Crippen LogP contribution in [-0.4, -0.2) is 19.3 Å². The molecule has 17 heavy (non-hydrogen) atoms. The minimum atomic E-state index is 0.296. The van der Waals surface area contributed by atoms with E-state index in [1.807, 2.05) is 18.2 Å². The van der Waals surface area contributed by atoms with E-state index in [0.29, 0.717) is 12.1 Å². The van der Waals surface area contributed by atoms with E-state index in [0.717, 1.165) is 24.6 Å². The van der Waals surface area contributed by atoms with Gasteiger partial charge in [0.25, 0.3) is 0 Å². The molecule has 0 aromatic heterocycles. The highest BCUT2D eigenvalue weighted by Crippen LogP contribution is 2.22. The average Bonchev–Trinajstić information content (AvgIpc) is 2.82. The zero-order valence-electron chi connectivity index (χ0n) is 10.3. The Hall–Kier alpha value is -0.570. The predicted molar refractivity (Wildman–Crippen MR) is 71.5 cm³/mol. The second kappa shape index (κ2) is 6.39. The van der Waals surface area contributed by atoms with Crippen molar-refractivity contribution in [2.45, 2.75) is 38.3 Å². The molecule has 1 aliphatic heterocycles. The molecule has 1 aliphatic rings. The van der Waals surface area contributed by atoms with Crippen LogP contribution in [0.5, 0.6) is 0 Å². The maximum atomic E-state index is 6.16. The molecule has 3 heteroatoms. The normalized spacial score (nSPS) is 21.6. The van der Waals surface area contributed by atoms with E-state index >= 15 is 0 Å². The summed E-state index contributed by atoms with van der Waals surface area (Å²) >= 11 is 6.16. The molecule has 0 saturated carbocycles. The summed E-state index contributed by atoms with van der Waals surface area (Å²) in [5.41, 5.74) is 1.17. The molecule has 0 unspecified atom stereocenters. The van der Waals surface area contributed by atoms with Crippen LogP contribution in [0, 0.1) is 0 Å². The first kappa shape index (κ1) is 12.9. The molecule has 0 aliphatic carbocycles. The summed E-state index contributed by atoms with van der Waals surface area (Å²) < 4.78 is 5.60.